The van der Waals surface area contributed by atoms with Crippen molar-refractivity contribution in [1.82, 2.24) is 30.4 Å². The zero-order chi connectivity index (χ0) is 23.2. The molecule has 0 fully saturated rings. The first-order chi connectivity index (χ1) is 16.0. The van der Waals surface area contributed by atoms with Crippen LogP contribution in [0.1, 0.15) is 10.4 Å². The van der Waals surface area contributed by atoms with E-state index in [1.165, 1.54) is 23.1 Å². The molecule has 2 N–H and O–H groups in total. The summed E-state index contributed by atoms with van der Waals surface area (Å²) in [6.07, 6.45) is 3.35. The van der Waals surface area contributed by atoms with Crippen molar-refractivity contribution in [1.29, 1.82) is 0 Å². The van der Waals surface area contributed by atoms with Crippen LogP contribution >= 0.6 is 34.7 Å². The van der Waals surface area contributed by atoms with E-state index in [1.54, 1.807) is 12.4 Å². The molecule has 8 nitrogen and oxygen atoms in total. The summed E-state index contributed by atoms with van der Waals surface area (Å²) in [4.78, 5) is 29.4. The van der Waals surface area contributed by atoms with Gasteiger partial charge in [0.1, 0.15) is 0 Å². The zero-order valence-corrected chi connectivity index (χ0v) is 19.9. The van der Waals surface area contributed by atoms with Gasteiger partial charge in [0.15, 0.2) is 11.0 Å². The first kappa shape index (κ1) is 23.0. The minimum absolute atomic E-state index is 0.0134. The second-order valence-corrected chi connectivity index (χ2v) is 9.24. The molecule has 0 radical (unpaired) electrons. The van der Waals surface area contributed by atoms with E-state index in [-0.39, 0.29) is 5.75 Å². The smallest absolute Gasteiger partial charge is 0.321 e. The predicted molar refractivity (Wildman–Crippen MR) is 130 cm³/mol. The molecule has 0 saturated heterocycles. The summed E-state index contributed by atoms with van der Waals surface area (Å²) in [5, 5.41) is 16.7. The van der Waals surface area contributed by atoms with E-state index in [4.69, 9.17) is 11.6 Å². The van der Waals surface area contributed by atoms with E-state index >= 15 is 0 Å². The van der Waals surface area contributed by atoms with Crippen molar-refractivity contribution in [3.8, 4) is 17.1 Å². The number of hydrogen-bond acceptors (Lipinski definition) is 7. The number of imide groups is 1. The third-order valence-corrected chi connectivity index (χ3v) is 6.86. The van der Waals surface area contributed by atoms with Crippen molar-refractivity contribution < 1.29 is 9.59 Å². The topological polar surface area (TPSA) is 102 Å². The Hall–Kier alpha value is -3.21. The van der Waals surface area contributed by atoms with Crippen LogP contribution in [0.4, 0.5) is 4.79 Å². The standard InChI is InChI=1S/C22H19ClN6O2S2/c1-14-17(23)5-2-6-18(14)29-20(15-7-9-24-10-8-15)27-28-22(29)33-13-19(30)26-21(31)25-12-16-4-3-11-32-16/h2-11H,12-13H2,1H3,(H2,25,26,30,31). The molecule has 0 spiro atoms. The van der Waals surface area contributed by atoms with E-state index in [2.05, 4.69) is 25.8 Å². The lowest BCUT2D eigenvalue weighted by Crippen LogP contribution is -2.39. The molecule has 168 valence electrons. The normalized spacial score (nSPS) is 10.7. The van der Waals surface area contributed by atoms with Gasteiger partial charge in [0.25, 0.3) is 0 Å². The average Bonchev–Trinajstić information content (AvgIpc) is 3.49. The summed E-state index contributed by atoms with van der Waals surface area (Å²) < 4.78 is 1.85. The number of thiophene rings is 1. The second-order valence-electron chi connectivity index (χ2n) is 6.86. The molecule has 0 bridgehead atoms. The highest BCUT2D eigenvalue weighted by Gasteiger charge is 2.19. The number of aromatic nitrogens is 4. The molecule has 0 atom stereocenters. The Balaban J connectivity index is 1.50. The van der Waals surface area contributed by atoms with Gasteiger partial charge in [0, 0.05) is 27.9 Å². The summed E-state index contributed by atoms with van der Waals surface area (Å²) in [6, 6.07) is 12.5. The molecule has 33 heavy (non-hydrogen) atoms. The van der Waals surface area contributed by atoms with Gasteiger partial charge in [-0.2, -0.15) is 0 Å². The van der Waals surface area contributed by atoms with Crippen LogP contribution in [0.15, 0.2) is 65.4 Å². The van der Waals surface area contributed by atoms with E-state index in [0.29, 0.717) is 22.5 Å². The summed E-state index contributed by atoms with van der Waals surface area (Å²) in [5.74, 6) is 0.145. The van der Waals surface area contributed by atoms with Gasteiger partial charge in [-0.05, 0) is 48.2 Å². The Kier molecular flexibility index (Phi) is 7.38. The average molecular weight is 499 g/mol. The van der Waals surface area contributed by atoms with Crippen LogP contribution < -0.4 is 10.6 Å². The number of halogens is 1. The van der Waals surface area contributed by atoms with Crippen molar-refractivity contribution in [2.24, 2.45) is 0 Å². The van der Waals surface area contributed by atoms with Gasteiger partial charge in [-0.15, -0.1) is 21.5 Å². The number of nitrogens with zero attached hydrogens (tertiary/aromatic N) is 4. The van der Waals surface area contributed by atoms with Gasteiger partial charge in [0.2, 0.25) is 5.91 Å². The zero-order valence-electron chi connectivity index (χ0n) is 17.5. The van der Waals surface area contributed by atoms with E-state index in [0.717, 1.165) is 21.7 Å². The Morgan fingerprint density at radius 3 is 2.70 bits per heavy atom. The maximum absolute atomic E-state index is 12.4. The summed E-state index contributed by atoms with van der Waals surface area (Å²) in [5.41, 5.74) is 2.48. The maximum Gasteiger partial charge on any atom is 0.321 e. The number of urea groups is 1. The first-order valence-corrected chi connectivity index (χ1v) is 12.1. The van der Waals surface area contributed by atoms with Gasteiger partial charge in [0.05, 0.1) is 18.0 Å². The molecule has 3 heterocycles. The van der Waals surface area contributed by atoms with Crippen molar-refractivity contribution in [3.63, 3.8) is 0 Å². The lowest BCUT2D eigenvalue weighted by molar-refractivity contribution is -0.117. The molecule has 4 rings (SSSR count). The molecule has 1 aromatic carbocycles. The van der Waals surface area contributed by atoms with Crippen LogP contribution in [0, 0.1) is 6.92 Å². The molecule has 0 saturated carbocycles. The number of hydrogen-bond donors (Lipinski definition) is 2. The van der Waals surface area contributed by atoms with Gasteiger partial charge < -0.3 is 5.32 Å². The van der Waals surface area contributed by atoms with Crippen LogP contribution in [0.3, 0.4) is 0 Å². The van der Waals surface area contributed by atoms with E-state index in [9.17, 15) is 9.59 Å². The van der Waals surface area contributed by atoms with Crippen molar-refractivity contribution in [2.75, 3.05) is 5.75 Å². The van der Waals surface area contributed by atoms with Crippen LogP contribution in [0.2, 0.25) is 5.02 Å². The molecule has 3 aromatic heterocycles. The fourth-order valence-corrected chi connectivity index (χ4v) is 4.58. The van der Waals surface area contributed by atoms with Gasteiger partial charge in [-0.3, -0.25) is 19.7 Å². The third-order valence-electron chi connectivity index (χ3n) is 4.64. The highest BCUT2D eigenvalue weighted by molar-refractivity contribution is 7.99. The van der Waals surface area contributed by atoms with Gasteiger partial charge >= 0.3 is 6.03 Å². The predicted octanol–water partition coefficient (Wildman–Crippen LogP) is 4.47. The quantitative estimate of drug-likeness (QED) is 0.364. The molecular formula is C22H19ClN6O2S2. The summed E-state index contributed by atoms with van der Waals surface area (Å²) in [6.45, 7) is 2.27. The fraction of sp³-hybridized carbons (Fsp3) is 0.136. The molecule has 3 amide bonds. The number of carbonyl (C=O) groups is 2. The Morgan fingerprint density at radius 1 is 1.12 bits per heavy atom. The summed E-state index contributed by atoms with van der Waals surface area (Å²) >= 11 is 9.06. The third kappa shape index (κ3) is 5.59. The molecule has 0 aliphatic carbocycles. The van der Waals surface area contributed by atoms with Crippen molar-refractivity contribution in [2.45, 2.75) is 18.6 Å². The Labute approximate surface area is 203 Å². The number of benzene rings is 1. The first-order valence-electron chi connectivity index (χ1n) is 9.87. The second kappa shape index (κ2) is 10.6. The van der Waals surface area contributed by atoms with Crippen LogP contribution in [-0.2, 0) is 11.3 Å². The van der Waals surface area contributed by atoms with Gasteiger partial charge in [-0.25, -0.2) is 4.79 Å². The largest absolute Gasteiger partial charge is 0.333 e. The molecule has 4 aromatic rings. The van der Waals surface area contributed by atoms with E-state index in [1.807, 2.05) is 59.3 Å². The monoisotopic (exact) mass is 498 g/mol. The van der Waals surface area contributed by atoms with Crippen molar-refractivity contribution in [3.05, 3.63) is 75.7 Å². The molecular weight excluding hydrogens is 480 g/mol. The number of amides is 3. The van der Waals surface area contributed by atoms with Crippen LogP contribution in [0.5, 0.6) is 0 Å². The SMILES string of the molecule is Cc1c(Cl)cccc1-n1c(SCC(=O)NC(=O)NCc2cccs2)nnc1-c1ccncc1. The number of nitrogens with one attached hydrogen (secondary N) is 2. The highest BCUT2D eigenvalue weighted by Crippen LogP contribution is 2.31. The Morgan fingerprint density at radius 2 is 1.94 bits per heavy atom. The fourth-order valence-electron chi connectivity index (χ4n) is 3.02. The van der Waals surface area contributed by atoms with E-state index < -0.39 is 11.9 Å². The number of carbonyl (C=O) groups excluding carboxylic acids is 2. The van der Waals surface area contributed by atoms with Gasteiger partial charge in [-0.1, -0.05) is 35.5 Å². The number of pyridine rings is 1. The Bertz CT molecular complexity index is 1260. The van der Waals surface area contributed by atoms with Crippen LogP contribution in [0.25, 0.3) is 17.1 Å². The number of thioether (sulfide) groups is 1. The molecule has 11 heteroatoms. The lowest BCUT2D eigenvalue weighted by atomic mass is 10.2. The highest BCUT2D eigenvalue weighted by atomic mass is 35.5. The molecule has 0 unspecified atom stereocenters. The lowest BCUT2D eigenvalue weighted by Gasteiger charge is -2.13. The number of rotatable bonds is 7. The molecule has 0 aliphatic rings. The minimum Gasteiger partial charge on any atom is -0.333 e. The minimum atomic E-state index is -0.543. The van der Waals surface area contributed by atoms with Crippen LogP contribution in [-0.4, -0.2) is 37.4 Å². The summed E-state index contributed by atoms with van der Waals surface area (Å²) in [7, 11) is 0. The maximum atomic E-state index is 12.4. The molecule has 0 aliphatic heterocycles. The van der Waals surface area contributed by atoms with Crippen molar-refractivity contribution >= 4 is 46.6 Å².